The average Bonchev–Trinajstić information content (AvgIpc) is 2.87. The summed E-state index contributed by atoms with van der Waals surface area (Å²) in [6.45, 7) is 6.99. The van der Waals surface area contributed by atoms with Gasteiger partial charge in [0.05, 0.1) is 0 Å². The Balaban J connectivity index is 1.63. The zero-order valence-electron chi connectivity index (χ0n) is 16.9. The molecule has 4 rings (SSSR count). The Hall–Kier alpha value is -2.67. The lowest BCUT2D eigenvalue weighted by atomic mass is 10.1. The summed E-state index contributed by atoms with van der Waals surface area (Å²) in [6.07, 6.45) is 0. The highest BCUT2D eigenvalue weighted by Crippen LogP contribution is 2.34. The SMILES string of the molecule is CC(=O)N1CCN(c2ccc3c(c2)CN(C)CCN3c2ccc(F)c(F)c2)CC1. The molecule has 0 unspecified atom stereocenters. The first-order valence-corrected chi connectivity index (χ1v) is 9.97. The highest BCUT2D eigenvalue weighted by molar-refractivity contribution is 5.74. The quantitative estimate of drug-likeness (QED) is 0.775. The number of rotatable bonds is 2. The van der Waals surface area contributed by atoms with E-state index in [0.717, 1.165) is 56.2 Å². The number of benzene rings is 2. The van der Waals surface area contributed by atoms with Crippen molar-refractivity contribution in [1.82, 2.24) is 9.80 Å². The summed E-state index contributed by atoms with van der Waals surface area (Å²) < 4.78 is 27.2. The standard InChI is InChI=1S/C22H26F2N4O/c1-16(29)26-8-10-27(11-9-26)18-4-6-22-17(13-18)15-25(2)7-12-28(22)19-3-5-20(23)21(24)14-19/h3-6,13-14H,7-12,15H2,1-2H3. The monoisotopic (exact) mass is 400 g/mol. The van der Waals surface area contributed by atoms with Crippen LogP contribution in [0.2, 0.25) is 0 Å². The summed E-state index contributed by atoms with van der Waals surface area (Å²) in [6, 6.07) is 10.4. The number of piperazine rings is 1. The molecule has 0 aliphatic carbocycles. The van der Waals surface area contributed by atoms with Crippen LogP contribution < -0.4 is 9.80 Å². The summed E-state index contributed by atoms with van der Waals surface area (Å²) in [5, 5.41) is 0. The molecule has 0 bridgehead atoms. The van der Waals surface area contributed by atoms with Crippen molar-refractivity contribution in [2.24, 2.45) is 0 Å². The molecule has 154 valence electrons. The molecule has 2 heterocycles. The van der Waals surface area contributed by atoms with Gasteiger partial charge in [0.1, 0.15) is 0 Å². The fraction of sp³-hybridized carbons (Fsp3) is 0.409. The van der Waals surface area contributed by atoms with E-state index in [9.17, 15) is 13.6 Å². The number of fused-ring (bicyclic) bond motifs is 1. The molecule has 0 radical (unpaired) electrons. The van der Waals surface area contributed by atoms with Crippen molar-refractivity contribution in [3.8, 4) is 0 Å². The van der Waals surface area contributed by atoms with Crippen LogP contribution in [0.15, 0.2) is 36.4 Å². The molecule has 0 spiro atoms. The second-order valence-electron chi connectivity index (χ2n) is 7.79. The van der Waals surface area contributed by atoms with Gasteiger partial charge < -0.3 is 19.6 Å². The molecule has 0 aromatic heterocycles. The van der Waals surface area contributed by atoms with Gasteiger partial charge in [-0.25, -0.2) is 8.78 Å². The Bertz CT molecular complexity index is 912. The minimum Gasteiger partial charge on any atom is -0.368 e. The molecule has 7 heteroatoms. The average molecular weight is 400 g/mol. The zero-order valence-corrected chi connectivity index (χ0v) is 16.9. The number of halogens is 2. The summed E-state index contributed by atoms with van der Waals surface area (Å²) in [4.78, 5) is 20.0. The maximum Gasteiger partial charge on any atom is 0.219 e. The van der Waals surface area contributed by atoms with Gasteiger partial charge in [-0.15, -0.1) is 0 Å². The molecule has 2 aliphatic heterocycles. The van der Waals surface area contributed by atoms with Crippen molar-refractivity contribution in [2.45, 2.75) is 13.5 Å². The lowest BCUT2D eigenvalue weighted by Crippen LogP contribution is -2.48. The molecule has 0 saturated carbocycles. The Morgan fingerprint density at radius 3 is 2.28 bits per heavy atom. The van der Waals surface area contributed by atoms with Crippen molar-refractivity contribution in [3.05, 3.63) is 53.6 Å². The van der Waals surface area contributed by atoms with Gasteiger partial charge in [-0.2, -0.15) is 0 Å². The first-order valence-electron chi connectivity index (χ1n) is 9.97. The van der Waals surface area contributed by atoms with Crippen LogP contribution in [0, 0.1) is 11.6 Å². The molecule has 2 aromatic rings. The van der Waals surface area contributed by atoms with Crippen LogP contribution in [0.5, 0.6) is 0 Å². The predicted octanol–water partition coefficient (Wildman–Crippen LogP) is 3.22. The largest absolute Gasteiger partial charge is 0.368 e. The Labute approximate surface area is 170 Å². The van der Waals surface area contributed by atoms with E-state index in [1.165, 1.54) is 12.1 Å². The van der Waals surface area contributed by atoms with Crippen molar-refractivity contribution in [2.75, 3.05) is 56.1 Å². The lowest BCUT2D eigenvalue weighted by molar-refractivity contribution is -0.129. The van der Waals surface area contributed by atoms with Crippen molar-refractivity contribution >= 4 is 23.0 Å². The molecule has 1 amide bonds. The van der Waals surface area contributed by atoms with Crippen molar-refractivity contribution in [1.29, 1.82) is 0 Å². The van der Waals surface area contributed by atoms with E-state index in [1.807, 2.05) is 4.90 Å². The van der Waals surface area contributed by atoms with Crippen LogP contribution in [0.1, 0.15) is 12.5 Å². The van der Waals surface area contributed by atoms with Gasteiger partial charge >= 0.3 is 0 Å². The smallest absolute Gasteiger partial charge is 0.219 e. The molecule has 29 heavy (non-hydrogen) atoms. The molecule has 0 N–H and O–H groups in total. The van der Waals surface area contributed by atoms with Gasteiger partial charge in [-0.05, 0) is 42.9 Å². The lowest BCUT2D eigenvalue weighted by Gasteiger charge is -2.36. The highest BCUT2D eigenvalue weighted by atomic mass is 19.2. The first-order chi connectivity index (χ1) is 13.9. The topological polar surface area (TPSA) is 30.0 Å². The molecule has 2 aliphatic rings. The van der Waals surface area contributed by atoms with Crippen LogP contribution >= 0.6 is 0 Å². The number of hydrogen-bond donors (Lipinski definition) is 0. The third kappa shape index (κ3) is 4.05. The van der Waals surface area contributed by atoms with Crippen LogP contribution in [0.25, 0.3) is 0 Å². The Morgan fingerprint density at radius 2 is 1.59 bits per heavy atom. The van der Waals surface area contributed by atoms with E-state index in [1.54, 1.807) is 13.0 Å². The second kappa shape index (κ2) is 7.99. The van der Waals surface area contributed by atoms with Crippen molar-refractivity contribution in [3.63, 3.8) is 0 Å². The van der Waals surface area contributed by atoms with Gasteiger partial charge in [0, 0.05) is 75.9 Å². The molecule has 1 fully saturated rings. The van der Waals surface area contributed by atoms with Gasteiger partial charge in [-0.1, -0.05) is 0 Å². The van der Waals surface area contributed by atoms with E-state index in [0.29, 0.717) is 12.2 Å². The zero-order chi connectivity index (χ0) is 20.5. The summed E-state index contributed by atoms with van der Waals surface area (Å²) in [5.41, 5.74) is 3.96. The third-order valence-electron chi connectivity index (χ3n) is 5.80. The van der Waals surface area contributed by atoms with E-state index in [4.69, 9.17) is 0 Å². The number of carbonyl (C=O) groups is 1. The summed E-state index contributed by atoms with van der Waals surface area (Å²) in [5.74, 6) is -1.54. The summed E-state index contributed by atoms with van der Waals surface area (Å²) >= 11 is 0. The molecule has 2 aromatic carbocycles. The number of hydrogen-bond acceptors (Lipinski definition) is 4. The molecule has 1 saturated heterocycles. The molecular formula is C22H26F2N4O. The third-order valence-corrected chi connectivity index (χ3v) is 5.80. The second-order valence-corrected chi connectivity index (χ2v) is 7.79. The minimum absolute atomic E-state index is 0.121. The highest BCUT2D eigenvalue weighted by Gasteiger charge is 2.23. The number of nitrogens with zero attached hydrogens (tertiary/aromatic N) is 4. The van der Waals surface area contributed by atoms with E-state index < -0.39 is 11.6 Å². The van der Waals surface area contributed by atoms with Crippen LogP contribution in [-0.4, -0.2) is 62.0 Å². The first kappa shape index (κ1) is 19.6. The minimum atomic E-state index is -0.832. The molecular weight excluding hydrogens is 374 g/mol. The fourth-order valence-electron chi connectivity index (χ4n) is 4.12. The maximum absolute atomic E-state index is 13.8. The Morgan fingerprint density at radius 1 is 0.862 bits per heavy atom. The van der Waals surface area contributed by atoms with Gasteiger partial charge in [0.25, 0.3) is 0 Å². The normalized spacial score (nSPS) is 17.9. The predicted molar refractivity (Wildman–Crippen MR) is 111 cm³/mol. The van der Waals surface area contributed by atoms with Gasteiger partial charge in [0.15, 0.2) is 11.6 Å². The van der Waals surface area contributed by atoms with Crippen LogP contribution in [-0.2, 0) is 11.3 Å². The number of carbonyl (C=O) groups excluding carboxylic acids is 1. The van der Waals surface area contributed by atoms with Crippen molar-refractivity contribution < 1.29 is 13.6 Å². The fourth-order valence-corrected chi connectivity index (χ4v) is 4.12. The van der Waals surface area contributed by atoms with Gasteiger partial charge in [0.2, 0.25) is 5.91 Å². The van der Waals surface area contributed by atoms with Gasteiger partial charge in [-0.3, -0.25) is 4.79 Å². The molecule has 5 nitrogen and oxygen atoms in total. The van der Waals surface area contributed by atoms with E-state index in [2.05, 4.69) is 39.9 Å². The molecule has 0 atom stereocenters. The Kier molecular flexibility index (Phi) is 5.41. The van der Waals surface area contributed by atoms with Crippen LogP contribution in [0.4, 0.5) is 25.8 Å². The van der Waals surface area contributed by atoms with E-state index >= 15 is 0 Å². The summed E-state index contributed by atoms with van der Waals surface area (Å²) in [7, 11) is 2.07. The van der Waals surface area contributed by atoms with E-state index in [-0.39, 0.29) is 5.91 Å². The number of likely N-dealkylation sites (N-methyl/N-ethyl adjacent to an activating group) is 1. The number of amides is 1. The number of anilines is 3. The maximum atomic E-state index is 13.8. The van der Waals surface area contributed by atoms with Crippen LogP contribution in [0.3, 0.4) is 0 Å².